The van der Waals surface area contributed by atoms with Crippen LogP contribution < -0.4 is 5.32 Å². The molecule has 3 fully saturated rings. The summed E-state index contributed by atoms with van der Waals surface area (Å²) >= 11 is 0. The van der Waals surface area contributed by atoms with Gasteiger partial charge in [-0.05, 0) is 51.4 Å². The molecule has 3 heteroatoms. The van der Waals surface area contributed by atoms with Crippen molar-refractivity contribution < 1.29 is 4.74 Å². The highest BCUT2D eigenvalue weighted by Crippen LogP contribution is 2.28. The number of ether oxygens (including phenoxy) is 1. The van der Waals surface area contributed by atoms with Crippen molar-refractivity contribution in [2.45, 2.75) is 82.9 Å². The van der Waals surface area contributed by atoms with E-state index in [0.29, 0.717) is 12.1 Å². The molecule has 0 amide bonds. The summed E-state index contributed by atoms with van der Waals surface area (Å²) in [7, 11) is 0. The van der Waals surface area contributed by atoms with Gasteiger partial charge in [-0.2, -0.15) is 0 Å². The standard InChI is InChI=1S/C18H34N2O/c1-15-13-19-18(16-7-3-2-4-8-16)14-20(15)11-10-17-9-5-6-12-21-17/h15-19H,2-14H2,1H3. The second kappa shape index (κ2) is 7.94. The van der Waals surface area contributed by atoms with Gasteiger partial charge in [0.25, 0.3) is 0 Å². The Morgan fingerprint density at radius 3 is 2.62 bits per heavy atom. The highest BCUT2D eigenvalue weighted by molar-refractivity contribution is 4.89. The molecule has 3 atom stereocenters. The molecule has 3 aliphatic rings. The summed E-state index contributed by atoms with van der Waals surface area (Å²) in [6.07, 6.45) is 13.0. The normalized spacial score (nSPS) is 36.7. The fraction of sp³-hybridized carbons (Fsp3) is 1.00. The molecule has 1 N–H and O–H groups in total. The lowest BCUT2D eigenvalue weighted by Crippen LogP contribution is -2.58. The van der Waals surface area contributed by atoms with E-state index in [2.05, 4.69) is 17.1 Å². The maximum absolute atomic E-state index is 5.91. The molecular formula is C18H34N2O. The Labute approximate surface area is 130 Å². The highest BCUT2D eigenvalue weighted by atomic mass is 16.5. The largest absolute Gasteiger partial charge is 0.378 e. The summed E-state index contributed by atoms with van der Waals surface area (Å²) in [5, 5.41) is 3.83. The van der Waals surface area contributed by atoms with E-state index in [0.717, 1.165) is 18.6 Å². The fourth-order valence-corrected chi connectivity index (χ4v) is 4.46. The predicted molar refractivity (Wildman–Crippen MR) is 87.6 cm³/mol. The van der Waals surface area contributed by atoms with E-state index in [1.807, 2.05) is 0 Å². The monoisotopic (exact) mass is 294 g/mol. The van der Waals surface area contributed by atoms with Gasteiger partial charge in [-0.3, -0.25) is 4.90 Å². The van der Waals surface area contributed by atoms with Crippen LogP contribution in [0.4, 0.5) is 0 Å². The van der Waals surface area contributed by atoms with Crippen LogP contribution in [-0.4, -0.2) is 49.3 Å². The third-order valence-corrected chi connectivity index (χ3v) is 5.96. The topological polar surface area (TPSA) is 24.5 Å². The van der Waals surface area contributed by atoms with E-state index in [-0.39, 0.29) is 0 Å². The van der Waals surface area contributed by atoms with Gasteiger partial charge in [0.05, 0.1) is 6.10 Å². The van der Waals surface area contributed by atoms with Crippen molar-refractivity contribution in [3.05, 3.63) is 0 Å². The van der Waals surface area contributed by atoms with Crippen LogP contribution in [0.1, 0.15) is 64.7 Å². The van der Waals surface area contributed by atoms with Gasteiger partial charge in [-0.1, -0.05) is 19.3 Å². The molecule has 2 saturated heterocycles. The van der Waals surface area contributed by atoms with Crippen LogP contribution in [0.25, 0.3) is 0 Å². The first-order chi connectivity index (χ1) is 10.3. The van der Waals surface area contributed by atoms with Crippen LogP contribution in [0.5, 0.6) is 0 Å². The SMILES string of the molecule is CC1CNC(C2CCCCC2)CN1CCC1CCCCO1. The van der Waals surface area contributed by atoms with Gasteiger partial charge < -0.3 is 10.1 Å². The van der Waals surface area contributed by atoms with Crippen LogP contribution >= 0.6 is 0 Å². The maximum atomic E-state index is 5.91. The first kappa shape index (κ1) is 15.8. The van der Waals surface area contributed by atoms with Crippen molar-refractivity contribution in [2.24, 2.45) is 5.92 Å². The molecular weight excluding hydrogens is 260 g/mol. The Bertz CT molecular complexity index is 298. The Kier molecular flexibility index (Phi) is 5.96. The molecule has 3 nitrogen and oxygen atoms in total. The maximum Gasteiger partial charge on any atom is 0.0587 e. The molecule has 122 valence electrons. The second-order valence-corrected chi connectivity index (χ2v) is 7.53. The molecule has 0 aromatic rings. The van der Waals surface area contributed by atoms with E-state index in [1.165, 1.54) is 77.4 Å². The lowest BCUT2D eigenvalue weighted by molar-refractivity contribution is -0.000964. The molecule has 1 aliphatic carbocycles. The van der Waals surface area contributed by atoms with Gasteiger partial charge in [0.1, 0.15) is 0 Å². The van der Waals surface area contributed by atoms with Gasteiger partial charge in [-0.15, -0.1) is 0 Å². The first-order valence-electron chi connectivity index (χ1n) is 9.42. The minimum absolute atomic E-state index is 0.536. The number of hydrogen-bond acceptors (Lipinski definition) is 3. The quantitative estimate of drug-likeness (QED) is 0.862. The lowest BCUT2D eigenvalue weighted by Gasteiger charge is -2.43. The predicted octanol–water partition coefficient (Wildman–Crippen LogP) is 3.19. The van der Waals surface area contributed by atoms with Crippen LogP contribution in [0.15, 0.2) is 0 Å². The van der Waals surface area contributed by atoms with Gasteiger partial charge in [-0.25, -0.2) is 0 Å². The highest BCUT2D eigenvalue weighted by Gasteiger charge is 2.31. The summed E-state index contributed by atoms with van der Waals surface area (Å²) in [4.78, 5) is 2.73. The van der Waals surface area contributed by atoms with E-state index in [1.54, 1.807) is 0 Å². The van der Waals surface area contributed by atoms with Crippen molar-refractivity contribution in [1.82, 2.24) is 10.2 Å². The van der Waals surface area contributed by atoms with Crippen LogP contribution in [0.2, 0.25) is 0 Å². The zero-order valence-corrected chi connectivity index (χ0v) is 13.9. The van der Waals surface area contributed by atoms with Crippen molar-refractivity contribution in [1.29, 1.82) is 0 Å². The molecule has 0 aromatic carbocycles. The van der Waals surface area contributed by atoms with Crippen molar-refractivity contribution in [2.75, 3.05) is 26.2 Å². The molecule has 1 saturated carbocycles. The number of nitrogens with zero attached hydrogens (tertiary/aromatic N) is 1. The Morgan fingerprint density at radius 1 is 1.05 bits per heavy atom. The average Bonchev–Trinajstić information content (AvgIpc) is 2.56. The van der Waals surface area contributed by atoms with E-state index in [9.17, 15) is 0 Å². The summed E-state index contributed by atoms with van der Waals surface area (Å²) < 4.78 is 5.91. The molecule has 0 radical (unpaired) electrons. The number of hydrogen-bond donors (Lipinski definition) is 1. The first-order valence-corrected chi connectivity index (χ1v) is 9.42. The zero-order chi connectivity index (χ0) is 14.5. The summed E-state index contributed by atoms with van der Waals surface area (Å²) in [6.45, 7) is 7.04. The third-order valence-electron chi connectivity index (χ3n) is 5.96. The zero-order valence-electron chi connectivity index (χ0n) is 13.9. The second-order valence-electron chi connectivity index (χ2n) is 7.53. The number of rotatable bonds is 4. The Hall–Kier alpha value is -0.120. The Balaban J connectivity index is 1.46. The minimum atomic E-state index is 0.536. The molecule has 0 bridgehead atoms. The van der Waals surface area contributed by atoms with E-state index in [4.69, 9.17) is 4.74 Å². The number of nitrogens with one attached hydrogen (secondary N) is 1. The molecule has 0 spiro atoms. The van der Waals surface area contributed by atoms with Crippen LogP contribution in [0, 0.1) is 5.92 Å². The van der Waals surface area contributed by atoms with Crippen molar-refractivity contribution >= 4 is 0 Å². The smallest absolute Gasteiger partial charge is 0.0587 e. The minimum Gasteiger partial charge on any atom is -0.378 e. The molecule has 2 aliphatic heterocycles. The van der Waals surface area contributed by atoms with Gasteiger partial charge in [0.2, 0.25) is 0 Å². The lowest BCUT2D eigenvalue weighted by atomic mass is 9.82. The summed E-state index contributed by atoms with van der Waals surface area (Å²) in [5.74, 6) is 0.930. The van der Waals surface area contributed by atoms with Gasteiger partial charge in [0, 0.05) is 38.3 Å². The van der Waals surface area contributed by atoms with E-state index >= 15 is 0 Å². The third kappa shape index (κ3) is 4.43. The average molecular weight is 294 g/mol. The summed E-state index contributed by atoms with van der Waals surface area (Å²) in [6, 6.07) is 1.43. The molecule has 2 heterocycles. The molecule has 3 rings (SSSR count). The van der Waals surface area contributed by atoms with Gasteiger partial charge >= 0.3 is 0 Å². The number of piperazine rings is 1. The van der Waals surface area contributed by atoms with Crippen LogP contribution in [-0.2, 0) is 4.74 Å². The molecule has 21 heavy (non-hydrogen) atoms. The van der Waals surface area contributed by atoms with Crippen molar-refractivity contribution in [3.63, 3.8) is 0 Å². The fourth-order valence-electron chi connectivity index (χ4n) is 4.46. The van der Waals surface area contributed by atoms with Gasteiger partial charge in [0.15, 0.2) is 0 Å². The Morgan fingerprint density at radius 2 is 1.86 bits per heavy atom. The van der Waals surface area contributed by atoms with Crippen LogP contribution in [0.3, 0.4) is 0 Å². The van der Waals surface area contributed by atoms with E-state index < -0.39 is 0 Å². The molecule has 0 aromatic heterocycles. The molecule has 3 unspecified atom stereocenters. The van der Waals surface area contributed by atoms with Crippen molar-refractivity contribution in [3.8, 4) is 0 Å². The summed E-state index contributed by atoms with van der Waals surface area (Å²) in [5.41, 5.74) is 0.